The first-order chi connectivity index (χ1) is 7.89. The number of hydrogen-bond acceptors (Lipinski definition) is 4. The largest absolute Gasteiger partial charge is 0.574 e. The van der Waals surface area contributed by atoms with Crippen LogP contribution in [0.25, 0.3) is 0 Å². The molecule has 0 aliphatic heterocycles. The zero-order valence-corrected chi connectivity index (χ0v) is 8.25. The first-order valence-electron chi connectivity index (χ1n) is 4.27. The number of alkyl halides is 4. The van der Waals surface area contributed by atoms with Crippen LogP contribution in [0.3, 0.4) is 0 Å². The molecule has 0 aliphatic rings. The molecule has 1 N–H and O–H groups in total. The summed E-state index contributed by atoms with van der Waals surface area (Å²) in [5.41, 5.74) is -0.414. The standard InChI is InChI=1S/C9H6F4N2O2/c10-3-5-4-15-8(17-9(11,12)13)7(16)6(5)1-2-14/h4,16H,1,3H2. The lowest BCUT2D eigenvalue weighted by atomic mass is 10.1. The van der Waals surface area contributed by atoms with E-state index in [1.807, 2.05) is 0 Å². The SMILES string of the molecule is N#CCc1c(CF)cnc(OC(F)(F)F)c1O. The van der Waals surface area contributed by atoms with E-state index in [1.165, 1.54) is 0 Å². The van der Waals surface area contributed by atoms with Crippen molar-refractivity contribution < 1.29 is 27.4 Å². The average Bonchev–Trinajstić information content (AvgIpc) is 2.23. The van der Waals surface area contributed by atoms with Crippen LogP contribution in [0.5, 0.6) is 11.6 Å². The maximum atomic E-state index is 12.4. The molecule has 4 nitrogen and oxygen atoms in total. The Labute approximate surface area is 93.1 Å². The van der Waals surface area contributed by atoms with Crippen LogP contribution in [0, 0.1) is 11.3 Å². The maximum Gasteiger partial charge on any atom is 0.574 e. The Morgan fingerprint density at radius 3 is 2.59 bits per heavy atom. The van der Waals surface area contributed by atoms with Crippen molar-refractivity contribution in [2.75, 3.05) is 0 Å². The highest BCUT2D eigenvalue weighted by molar-refractivity contribution is 5.46. The zero-order valence-electron chi connectivity index (χ0n) is 8.25. The first-order valence-corrected chi connectivity index (χ1v) is 4.27. The summed E-state index contributed by atoms with van der Waals surface area (Å²) in [4.78, 5) is 3.14. The van der Waals surface area contributed by atoms with Crippen LogP contribution in [-0.2, 0) is 13.1 Å². The number of ether oxygens (including phenoxy) is 1. The highest BCUT2D eigenvalue weighted by Gasteiger charge is 2.33. The molecular weight excluding hydrogens is 244 g/mol. The number of aromatic hydroxyl groups is 1. The fourth-order valence-corrected chi connectivity index (χ4v) is 1.13. The van der Waals surface area contributed by atoms with Crippen LogP contribution < -0.4 is 4.74 Å². The van der Waals surface area contributed by atoms with Crippen LogP contribution in [0.4, 0.5) is 17.6 Å². The Morgan fingerprint density at radius 1 is 1.47 bits per heavy atom. The van der Waals surface area contributed by atoms with Crippen molar-refractivity contribution in [3.05, 3.63) is 17.3 Å². The van der Waals surface area contributed by atoms with Gasteiger partial charge < -0.3 is 9.84 Å². The van der Waals surface area contributed by atoms with E-state index in [0.29, 0.717) is 0 Å². The van der Waals surface area contributed by atoms with E-state index in [1.54, 1.807) is 6.07 Å². The topological polar surface area (TPSA) is 66.1 Å². The Kier molecular flexibility index (Phi) is 3.73. The Bertz CT molecular complexity index is 454. The molecule has 8 heteroatoms. The van der Waals surface area contributed by atoms with E-state index in [2.05, 4.69) is 9.72 Å². The summed E-state index contributed by atoms with van der Waals surface area (Å²) < 4.78 is 51.6. The van der Waals surface area contributed by atoms with Crippen LogP contribution in [0.15, 0.2) is 6.20 Å². The van der Waals surface area contributed by atoms with E-state index >= 15 is 0 Å². The number of nitriles is 1. The van der Waals surface area contributed by atoms with Crippen molar-refractivity contribution in [2.24, 2.45) is 0 Å². The summed E-state index contributed by atoms with van der Waals surface area (Å²) in [7, 11) is 0. The second kappa shape index (κ2) is 4.86. The fourth-order valence-electron chi connectivity index (χ4n) is 1.13. The highest BCUT2D eigenvalue weighted by Crippen LogP contribution is 2.34. The summed E-state index contributed by atoms with van der Waals surface area (Å²) in [6.45, 7) is -1.05. The molecular formula is C9H6F4N2O2. The van der Waals surface area contributed by atoms with Crippen LogP contribution in [0.2, 0.25) is 0 Å². The molecule has 0 radical (unpaired) electrons. The van der Waals surface area contributed by atoms with Crippen molar-refractivity contribution in [3.8, 4) is 17.7 Å². The van der Waals surface area contributed by atoms with Crippen molar-refractivity contribution in [3.63, 3.8) is 0 Å². The van der Waals surface area contributed by atoms with Crippen molar-refractivity contribution in [1.29, 1.82) is 5.26 Å². The molecule has 17 heavy (non-hydrogen) atoms. The molecule has 0 unspecified atom stereocenters. The highest BCUT2D eigenvalue weighted by atomic mass is 19.4. The van der Waals surface area contributed by atoms with E-state index in [4.69, 9.17) is 5.26 Å². The Balaban J connectivity index is 3.19. The molecule has 0 atom stereocenters. The summed E-state index contributed by atoms with van der Waals surface area (Å²) in [6, 6.07) is 1.60. The van der Waals surface area contributed by atoms with Crippen molar-refractivity contribution >= 4 is 0 Å². The molecule has 0 saturated carbocycles. The van der Waals surface area contributed by atoms with Gasteiger partial charge in [-0.15, -0.1) is 13.2 Å². The second-order valence-electron chi connectivity index (χ2n) is 2.93. The van der Waals surface area contributed by atoms with Gasteiger partial charge in [0.2, 0.25) is 0 Å². The van der Waals surface area contributed by atoms with E-state index in [-0.39, 0.29) is 11.1 Å². The summed E-state index contributed by atoms with van der Waals surface area (Å²) in [5.74, 6) is -2.07. The van der Waals surface area contributed by atoms with Gasteiger partial charge in [0.05, 0.1) is 12.5 Å². The molecule has 0 aromatic carbocycles. The van der Waals surface area contributed by atoms with Crippen LogP contribution in [0.1, 0.15) is 11.1 Å². The molecule has 1 heterocycles. The number of aromatic nitrogens is 1. The molecule has 0 amide bonds. The Morgan fingerprint density at radius 2 is 2.12 bits per heavy atom. The lowest BCUT2D eigenvalue weighted by Crippen LogP contribution is -2.18. The molecule has 1 aromatic heterocycles. The zero-order chi connectivity index (χ0) is 13.1. The van der Waals surface area contributed by atoms with Gasteiger partial charge in [0, 0.05) is 17.3 Å². The minimum absolute atomic E-state index is 0.154. The second-order valence-corrected chi connectivity index (χ2v) is 2.93. The van der Waals surface area contributed by atoms with Gasteiger partial charge in [-0.2, -0.15) is 5.26 Å². The molecule has 0 aliphatic carbocycles. The number of nitrogens with zero attached hydrogens (tertiary/aromatic N) is 2. The van der Waals surface area contributed by atoms with Crippen LogP contribution >= 0.6 is 0 Å². The third kappa shape index (κ3) is 3.21. The smallest absolute Gasteiger partial charge is 0.503 e. The summed E-state index contributed by atoms with van der Waals surface area (Å²) in [6.07, 6.45) is -4.68. The Hall–Kier alpha value is -2.04. The van der Waals surface area contributed by atoms with Gasteiger partial charge in [0.1, 0.15) is 6.67 Å². The van der Waals surface area contributed by atoms with Gasteiger partial charge in [-0.1, -0.05) is 0 Å². The van der Waals surface area contributed by atoms with Gasteiger partial charge >= 0.3 is 6.36 Å². The average molecular weight is 250 g/mol. The van der Waals surface area contributed by atoms with Gasteiger partial charge in [-0.25, -0.2) is 9.37 Å². The summed E-state index contributed by atoms with van der Waals surface area (Å²) >= 11 is 0. The predicted octanol–water partition coefficient (Wildman–Crippen LogP) is 2.22. The third-order valence-corrected chi connectivity index (χ3v) is 1.83. The maximum absolute atomic E-state index is 12.4. The minimum atomic E-state index is -5.02. The van der Waals surface area contributed by atoms with E-state index in [9.17, 15) is 22.7 Å². The third-order valence-electron chi connectivity index (χ3n) is 1.83. The van der Waals surface area contributed by atoms with E-state index in [0.717, 1.165) is 6.20 Å². The van der Waals surface area contributed by atoms with Crippen molar-refractivity contribution in [1.82, 2.24) is 4.98 Å². The van der Waals surface area contributed by atoms with Gasteiger partial charge in [0.15, 0.2) is 5.75 Å². The van der Waals surface area contributed by atoms with Gasteiger partial charge in [-0.05, 0) is 0 Å². The predicted molar refractivity (Wildman–Crippen MR) is 46.7 cm³/mol. The number of halogens is 4. The van der Waals surface area contributed by atoms with Gasteiger partial charge in [0.25, 0.3) is 5.88 Å². The minimum Gasteiger partial charge on any atom is -0.503 e. The fraction of sp³-hybridized carbons (Fsp3) is 0.333. The molecule has 0 bridgehead atoms. The number of hydrogen-bond donors (Lipinski definition) is 1. The number of rotatable bonds is 3. The summed E-state index contributed by atoms with van der Waals surface area (Å²) in [5, 5.41) is 17.8. The molecule has 0 spiro atoms. The molecule has 1 rings (SSSR count). The molecule has 0 fully saturated rings. The van der Waals surface area contributed by atoms with E-state index < -0.39 is 31.1 Å². The monoisotopic (exact) mass is 250 g/mol. The first kappa shape index (κ1) is 13.0. The normalized spacial score (nSPS) is 11.0. The molecule has 1 aromatic rings. The lowest BCUT2D eigenvalue weighted by molar-refractivity contribution is -0.276. The van der Waals surface area contributed by atoms with Gasteiger partial charge in [-0.3, -0.25) is 0 Å². The van der Waals surface area contributed by atoms with Crippen molar-refractivity contribution in [2.45, 2.75) is 19.5 Å². The number of pyridine rings is 1. The molecule has 0 saturated heterocycles. The van der Waals surface area contributed by atoms with Crippen LogP contribution in [-0.4, -0.2) is 16.5 Å². The lowest BCUT2D eigenvalue weighted by Gasteiger charge is -2.12. The molecule has 92 valence electrons. The quantitative estimate of drug-likeness (QED) is 0.835.